The van der Waals surface area contributed by atoms with Gasteiger partial charge in [0.2, 0.25) is 5.91 Å². The fraction of sp³-hybridized carbons (Fsp3) is 0.611. The predicted octanol–water partition coefficient (Wildman–Crippen LogP) is 3.61. The predicted molar refractivity (Wildman–Crippen MR) is 89.9 cm³/mol. The molecule has 1 aliphatic carbocycles. The lowest BCUT2D eigenvalue weighted by Gasteiger charge is -2.43. The summed E-state index contributed by atoms with van der Waals surface area (Å²) in [6.07, 6.45) is 7.92. The number of fused-ring (bicyclic) bond motifs is 1. The number of benzene rings is 1. The topological polar surface area (TPSA) is 32.3 Å². The van der Waals surface area contributed by atoms with E-state index < -0.39 is 0 Å². The van der Waals surface area contributed by atoms with Gasteiger partial charge in [-0.25, -0.2) is 0 Å². The highest BCUT2D eigenvalue weighted by molar-refractivity contribution is 6.30. The number of halogens is 1. The number of hydrogen-bond acceptors (Lipinski definition) is 2. The summed E-state index contributed by atoms with van der Waals surface area (Å²) in [5.74, 6) is 0.965. The molecule has 1 aromatic carbocycles. The minimum atomic E-state index is 0.140. The lowest BCUT2D eigenvalue weighted by Crippen LogP contribution is -2.50. The van der Waals surface area contributed by atoms with Crippen molar-refractivity contribution in [3.63, 3.8) is 0 Å². The van der Waals surface area contributed by atoms with Gasteiger partial charge in [0.25, 0.3) is 0 Å². The van der Waals surface area contributed by atoms with Gasteiger partial charge in [-0.05, 0) is 55.8 Å². The summed E-state index contributed by atoms with van der Waals surface area (Å²) in [5, 5.41) is 3.77. The molecule has 0 aromatic heterocycles. The van der Waals surface area contributed by atoms with Gasteiger partial charge in [0, 0.05) is 17.6 Å². The first-order chi connectivity index (χ1) is 10.7. The molecule has 120 valence electrons. The Labute approximate surface area is 138 Å². The van der Waals surface area contributed by atoms with Crippen LogP contribution in [0.15, 0.2) is 24.3 Å². The van der Waals surface area contributed by atoms with Crippen LogP contribution in [0.4, 0.5) is 0 Å². The van der Waals surface area contributed by atoms with Gasteiger partial charge in [-0.2, -0.15) is 0 Å². The smallest absolute Gasteiger partial charge is 0.234 e. The van der Waals surface area contributed by atoms with E-state index in [4.69, 9.17) is 11.6 Å². The maximum Gasteiger partial charge on any atom is 0.234 e. The lowest BCUT2D eigenvalue weighted by atomic mass is 9.78. The molecule has 1 N–H and O–H groups in total. The summed E-state index contributed by atoms with van der Waals surface area (Å²) in [5.41, 5.74) is 1.09. The van der Waals surface area contributed by atoms with Crippen molar-refractivity contribution in [2.45, 2.75) is 51.1 Å². The van der Waals surface area contributed by atoms with E-state index in [9.17, 15) is 4.79 Å². The number of piperidine rings is 1. The number of carbonyl (C=O) groups is 1. The number of hydrogen-bond donors (Lipinski definition) is 1. The third kappa shape index (κ3) is 4.02. The van der Waals surface area contributed by atoms with Gasteiger partial charge in [0.1, 0.15) is 0 Å². The number of nitrogens with zero attached hydrogens (tertiary/aromatic N) is 1. The van der Waals surface area contributed by atoms with E-state index in [2.05, 4.69) is 10.2 Å². The van der Waals surface area contributed by atoms with E-state index in [0.717, 1.165) is 23.0 Å². The SMILES string of the molecule is O=C(CN1CCC[C@H]2CCCC[C@@H]21)NCc1ccc(Cl)cc1. The molecule has 2 fully saturated rings. The standard InChI is InChI=1S/C18H25ClN2O/c19-16-9-7-14(8-10-16)12-20-18(22)13-21-11-3-5-15-4-1-2-6-17(15)21/h7-10,15,17H,1-6,11-13H2,(H,20,22)/t15-,17+/m1/s1. The molecule has 1 aliphatic heterocycles. The summed E-state index contributed by atoms with van der Waals surface area (Å²) in [4.78, 5) is 14.7. The lowest BCUT2D eigenvalue weighted by molar-refractivity contribution is -0.124. The number of amides is 1. The summed E-state index contributed by atoms with van der Waals surface area (Å²) >= 11 is 5.87. The first kappa shape index (κ1) is 15.8. The highest BCUT2D eigenvalue weighted by atomic mass is 35.5. The Kier molecular flexibility index (Phi) is 5.37. The van der Waals surface area contributed by atoms with Crippen molar-refractivity contribution in [2.75, 3.05) is 13.1 Å². The zero-order chi connectivity index (χ0) is 15.4. The molecule has 2 aliphatic rings. The van der Waals surface area contributed by atoms with E-state index >= 15 is 0 Å². The van der Waals surface area contributed by atoms with E-state index in [1.807, 2.05) is 24.3 Å². The van der Waals surface area contributed by atoms with Crippen LogP contribution in [0.1, 0.15) is 44.1 Å². The van der Waals surface area contributed by atoms with Crippen molar-refractivity contribution in [2.24, 2.45) is 5.92 Å². The van der Waals surface area contributed by atoms with Crippen molar-refractivity contribution < 1.29 is 4.79 Å². The van der Waals surface area contributed by atoms with Crippen molar-refractivity contribution in [1.82, 2.24) is 10.2 Å². The van der Waals surface area contributed by atoms with Gasteiger partial charge in [-0.1, -0.05) is 36.6 Å². The Bertz CT molecular complexity index is 500. The second-order valence-corrected chi connectivity index (χ2v) is 7.06. The van der Waals surface area contributed by atoms with Crippen LogP contribution in [0.2, 0.25) is 5.02 Å². The van der Waals surface area contributed by atoms with Crippen molar-refractivity contribution >= 4 is 17.5 Å². The molecular weight excluding hydrogens is 296 g/mol. The molecular formula is C18H25ClN2O. The Morgan fingerprint density at radius 2 is 1.86 bits per heavy atom. The van der Waals surface area contributed by atoms with Crippen molar-refractivity contribution in [1.29, 1.82) is 0 Å². The zero-order valence-electron chi connectivity index (χ0n) is 13.1. The van der Waals surface area contributed by atoms with E-state index in [-0.39, 0.29) is 5.91 Å². The average molecular weight is 321 g/mol. The first-order valence-corrected chi connectivity index (χ1v) is 8.85. The van der Waals surface area contributed by atoms with Crippen LogP contribution < -0.4 is 5.32 Å². The maximum atomic E-state index is 12.2. The van der Waals surface area contributed by atoms with Crippen LogP contribution >= 0.6 is 11.6 Å². The third-order valence-corrected chi connectivity index (χ3v) is 5.36. The highest BCUT2D eigenvalue weighted by Crippen LogP contribution is 2.34. The number of likely N-dealkylation sites (tertiary alicyclic amines) is 1. The monoisotopic (exact) mass is 320 g/mol. The molecule has 22 heavy (non-hydrogen) atoms. The second-order valence-electron chi connectivity index (χ2n) is 6.63. The van der Waals surface area contributed by atoms with Gasteiger partial charge in [0.15, 0.2) is 0 Å². The van der Waals surface area contributed by atoms with Crippen LogP contribution in [0.25, 0.3) is 0 Å². The molecule has 0 unspecified atom stereocenters. The molecule has 1 heterocycles. The highest BCUT2D eigenvalue weighted by Gasteiger charge is 2.33. The van der Waals surface area contributed by atoms with Crippen LogP contribution in [0.3, 0.4) is 0 Å². The Balaban J connectivity index is 1.49. The van der Waals surface area contributed by atoms with Crippen molar-refractivity contribution in [3.05, 3.63) is 34.9 Å². The Morgan fingerprint density at radius 1 is 1.14 bits per heavy atom. The first-order valence-electron chi connectivity index (χ1n) is 8.47. The summed E-state index contributed by atoms with van der Waals surface area (Å²) in [7, 11) is 0. The van der Waals surface area contributed by atoms with Crippen molar-refractivity contribution in [3.8, 4) is 0 Å². The van der Waals surface area contributed by atoms with Crippen LogP contribution in [-0.4, -0.2) is 29.9 Å². The minimum Gasteiger partial charge on any atom is -0.351 e. The molecule has 1 aromatic rings. The molecule has 1 saturated carbocycles. The zero-order valence-corrected chi connectivity index (χ0v) is 13.8. The van der Waals surface area contributed by atoms with Crippen LogP contribution in [0.5, 0.6) is 0 Å². The van der Waals surface area contributed by atoms with E-state index in [0.29, 0.717) is 19.1 Å². The molecule has 0 radical (unpaired) electrons. The van der Waals surface area contributed by atoms with Gasteiger partial charge in [0.05, 0.1) is 6.54 Å². The number of rotatable bonds is 4. The second kappa shape index (κ2) is 7.47. The molecule has 2 atom stereocenters. The summed E-state index contributed by atoms with van der Waals surface area (Å²) < 4.78 is 0. The van der Waals surface area contributed by atoms with Gasteiger partial charge in [-0.3, -0.25) is 9.69 Å². The van der Waals surface area contributed by atoms with Gasteiger partial charge < -0.3 is 5.32 Å². The molecule has 0 bridgehead atoms. The van der Waals surface area contributed by atoms with Gasteiger partial charge >= 0.3 is 0 Å². The molecule has 3 rings (SSSR count). The molecule has 4 heteroatoms. The molecule has 0 spiro atoms. The Morgan fingerprint density at radius 3 is 2.68 bits per heavy atom. The van der Waals surface area contributed by atoms with Crippen LogP contribution in [0, 0.1) is 5.92 Å². The van der Waals surface area contributed by atoms with Gasteiger partial charge in [-0.15, -0.1) is 0 Å². The summed E-state index contributed by atoms with van der Waals surface area (Å²) in [6, 6.07) is 8.28. The van der Waals surface area contributed by atoms with Crippen LogP contribution in [-0.2, 0) is 11.3 Å². The average Bonchev–Trinajstić information content (AvgIpc) is 2.55. The summed E-state index contributed by atoms with van der Waals surface area (Å²) in [6.45, 7) is 2.21. The molecule has 1 saturated heterocycles. The normalized spacial score (nSPS) is 25.5. The fourth-order valence-corrected chi connectivity index (χ4v) is 4.09. The number of carbonyl (C=O) groups excluding carboxylic acids is 1. The number of nitrogens with one attached hydrogen (secondary N) is 1. The third-order valence-electron chi connectivity index (χ3n) is 5.11. The van der Waals surface area contributed by atoms with E-state index in [1.165, 1.54) is 38.5 Å². The maximum absolute atomic E-state index is 12.2. The fourth-order valence-electron chi connectivity index (χ4n) is 3.97. The quantitative estimate of drug-likeness (QED) is 0.919. The minimum absolute atomic E-state index is 0.140. The largest absolute Gasteiger partial charge is 0.351 e. The van der Waals surface area contributed by atoms with E-state index in [1.54, 1.807) is 0 Å². The molecule has 1 amide bonds. The molecule has 3 nitrogen and oxygen atoms in total. The Hall–Kier alpha value is -1.06.